The molecule has 14 heteroatoms. The number of aliphatic hydroxyl groups excluding tert-OH is 3. The van der Waals surface area contributed by atoms with Crippen LogP contribution in [0.2, 0.25) is 0 Å². The van der Waals surface area contributed by atoms with Gasteiger partial charge < -0.3 is 54.4 Å². The number of aliphatic carboxylic acids is 2. The molecule has 1 saturated heterocycles. The number of rotatable bonds is 19. The van der Waals surface area contributed by atoms with E-state index < -0.39 is 73.7 Å². The van der Waals surface area contributed by atoms with Crippen LogP contribution in [0.25, 0.3) is 0 Å². The van der Waals surface area contributed by atoms with Crippen LogP contribution in [0.5, 0.6) is 0 Å². The Morgan fingerprint density at radius 1 is 0.868 bits per heavy atom. The van der Waals surface area contributed by atoms with Gasteiger partial charge in [-0.25, -0.2) is 0 Å². The Kier molecular flexibility index (Phi) is 23.2. The van der Waals surface area contributed by atoms with Crippen molar-refractivity contribution >= 4 is 17.9 Å². The molecule has 38 heavy (non-hydrogen) atoms. The third-order valence-corrected chi connectivity index (χ3v) is 6.13. The summed E-state index contributed by atoms with van der Waals surface area (Å²) in [5, 5.41) is 61.7. The third-order valence-electron chi connectivity index (χ3n) is 6.13. The number of carbonyl (C=O) groups excluding carboxylic acids is 3. The van der Waals surface area contributed by atoms with Crippen molar-refractivity contribution in [2.24, 2.45) is 0 Å². The van der Waals surface area contributed by atoms with Gasteiger partial charge >= 0.3 is 65.1 Å². The number of carbonyl (C=O) groups is 3. The third kappa shape index (κ3) is 14.7. The molecule has 1 heterocycles. The van der Waals surface area contributed by atoms with Crippen molar-refractivity contribution in [1.29, 1.82) is 0 Å². The van der Waals surface area contributed by atoms with Crippen LogP contribution >= 0.6 is 0 Å². The molecule has 0 aliphatic carbocycles. The fraction of sp³-hybridized carbons (Fsp3) is 0.875. The number of carboxylic acids is 2. The van der Waals surface area contributed by atoms with Gasteiger partial charge in [-0.2, -0.15) is 0 Å². The molecule has 6 atom stereocenters. The molecule has 210 valence electrons. The van der Waals surface area contributed by atoms with Gasteiger partial charge in [0.25, 0.3) is 0 Å². The molecule has 0 aromatic heterocycles. The summed E-state index contributed by atoms with van der Waals surface area (Å²) in [5.41, 5.74) is -3.10. The van der Waals surface area contributed by atoms with Crippen molar-refractivity contribution < 1.29 is 118 Å². The number of hydrogen-bond donors (Lipinski definition) is 4. The van der Waals surface area contributed by atoms with Crippen LogP contribution in [-0.2, 0) is 28.6 Å². The molecule has 4 N–H and O–H groups in total. The molecule has 12 nitrogen and oxygen atoms in total. The van der Waals surface area contributed by atoms with Gasteiger partial charge in [-0.3, -0.25) is 4.79 Å². The molecule has 1 aliphatic heterocycles. The van der Waals surface area contributed by atoms with E-state index in [4.69, 9.17) is 14.2 Å². The van der Waals surface area contributed by atoms with Crippen molar-refractivity contribution in [3.63, 3.8) is 0 Å². The van der Waals surface area contributed by atoms with Crippen LogP contribution in [0.3, 0.4) is 0 Å². The predicted octanol–water partition coefficient (Wildman–Crippen LogP) is -7.71. The average Bonchev–Trinajstić information content (AvgIpc) is 2.81. The van der Waals surface area contributed by atoms with Crippen molar-refractivity contribution in [3.05, 3.63) is 0 Å². The summed E-state index contributed by atoms with van der Waals surface area (Å²) in [6.07, 6.45) is 0.490. The molecule has 0 saturated carbocycles. The van der Waals surface area contributed by atoms with Gasteiger partial charge in [-0.15, -0.1) is 0 Å². The number of carboxylic acid groups (broad SMARTS) is 2. The summed E-state index contributed by atoms with van der Waals surface area (Å²) in [4.78, 5) is 34.2. The van der Waals surface area contributed by atoms with E-state index in [-0.39, 0.29) is 65.7 Å². The van der Waals surface area contributed by atoms with Crippen molar-refractivity contribution in [3.8, 4) is 0 Å². The second-order valence-electron chi connectivity index (χ2n) is 9.26. The molecule has 0 spiro atoms. The molecule has 2 unspecified atom stereocenters. The summed E-state index contributed by atoms with van der Waals surface area (Å²) < 4.78 is 16.0. The summed E-state index contributed by atoms with van der Waals surface area (Å²) in [6, 6.07) is 0. The minimum Gasteiger partial charge on any atom is -0.550 e. The minimum atomic E-state index is -3.10. The maximum absolute atomic E-state index is 12.3. The predicted molar refractivity (Wildman–Crippen MR) is 120 cm³/mol. The van der Waals surface area contributed by atoms with Crippen molar-refractivity contribution in [2.45, 2.75) is 120 Å². The van der Waals surface area contributed by atoms with E-state index in [9.17, 15) is 45.0 Å². The first-order chi connectivity index (χ1) is 17.1. The Bertz CT molecular complexity index is 683. The molecule has 0 aromatic carbocycles. The Hall–Kier alpha value is 0.170. The maximum Gasteiger partial charge on any atom is 1.00 e. The standard InChI is InChI=1S/C24H42O12.2Na/c1-2-3-4-5-6-7-8-9-10-11-12-34-22-21(20(30)19(29)16(15-25)35-22)36-18(28)14-24(33,23(31)32)13-17(26)27;;/h16,19-22,25,29-30,33H,2-15H2,1H3,(H,26,27)(H,31,32);;/q;2*+1/p-2/t16-,19-,20+,21-,22?,24?;;/m1../s1. The molecule has 0 radical (unpaired) electrons. The molecule has 1 rings (SSSR count). The van der Waals surface area contributed by atoms with Crippen LogP contribution in [-0.4, -0.2) is 87.9 Å². The fourth-order valence-electron chi connectivity index (χ4n) is 3.98. The topological polar surface area (TPSA) is 206 Å². The first kappa shape index (κ1) is 40.3. The van der Waals surface area contributed by atoms with E-state index in [0.717, 1.165) is 25.7 Å². The number of ether oxygens (including phenoxy) is 3. The Morgan fingerprint density at radius 3 is 1.87 bits per heavy atom. The monoisotopic (exact) mass is 566 g/mol. The zero-order valence-electron chi connectivity index (χ0n) is 22.8. The quantitative estimate of drug-likeness (QED) is 0.0654. The largest absolute Gasteiger partial charge is 1.00 e. The molecule has 1 aliphatic rings. The molecular formula is C24H40Na2O12. The second-order valence-corrected chi connectivity index (χ2v) is 9.26. The molecule has 0 bridgehead atoms. The molecular weight excluding hydrogens is 526 g/mol. The van der Waals surface area contributed by atoms with E-state index >= 15 is 0 Å². The van der Waals surface area contributed by atoms with Gasteiger partial charge in [0.05, 0.1) is 19.0 Å². The SMILES string of the molecule is CCCCCCCCCCCCOC1O[C@H](CO)[C@@H](O)[C@H](O)[C@H]1OC(=O)CC(O)(CC(=O)[O-])C(=O)[O-].[Na+].[Na+]. The van der Waals surface area contributed by atoms with E-state index in [2.05, 4.69) is 6.92 Å². The van der Waals surface area contributed by atoms with Crippen LogP contribution in [0.4, 0.5) is 0 Å². The number of esters is 1. The van der Waals surface area contributed by atoms with Gasteiger partial charge in [0.1, 0.15) is 23.9 Å². The first-order valence-corrected chi connectivity index (χ1v) is 12.6. The van der Waals surface area contributed by atoms with Crippen LogP contribution in [0.15, 0.2) is 0 Å². The fourth-order valence-corrected chi connectivity index (χ4v) is 3.98. The Morgan fingerprint density at radius 2 is 1.39 bits per heavy atom. The Labute approximate surface area is 268 Å². The molecule has 0 aromatic rings. The maximum atomic E-state index is 12.3. The zero-order chi connectivity index (χ0) is 27.1. The van der Waals surface area contributed by atoms with Crippen molar-refractivity contribution in [1.82, 2.24) is 0 Å². The molecule has 0 amide bonds. The number of hydrogen-bond acceptors (Lipinski definition) is 12. The van der Waals surface area contributed by atoms with Gasteiger partial charge in [0.2, 0.25) is 0 Å². The summed E-state index contributed by atoms with van der Waals surface area (Å²) in [7, 11) is 0. The first-order valence-electron chi connectivity index (χ1n) is 12.6. The summed E-state index contributed by atoms with van der Waals surface area (Å²) in [6.45, 7) is 1.67. The van der Waals surface area contributed by atoms with Gasteiger partial charge in [0.15, 0.2) is 12.4 Å². The summed E-state index contributed by atoms with van der Waals surface area (Å²) >= 11 is 0. The van der Waals surface area contributed by atoms with Crippen LogP contribution in [0.1, 0.15) is 84.0 Å². The average molecular weight is 567 g/mol. The molecule has 1 fully saturated rings. The Balaban J connectivity index is 0. The van der Waals surface area contributed by atoms with E-state index in [1.54, 1.807) is 0 Å². The van der Waals surface area contributed by atoms with Crippen LogP contribution < -0.4 is 69.3 Å². The second kappa shape index (κ2) is 21.9. The van der Waals surface area contributed by atoms with E-state index in [0.29, 0.717) is 6.42 Å². The smallest absolute Gasteiger partial charge is 0.550 e. The van der Waals surface area contributed by atoms with Gasteiger partial charge in [-0.1, -0.05) is 64.7 Å². The zero-order valence-corrected chi connectivity index (χ0v) is 26.8. The van der Waals surface area contributed by atoms with E-state index in [1.807, 2.05) is 0 Å². The number of aliphatic hydroxyl groups is 4. The summed E-state index contributed by atoms with van der Waals surface area (Å²) in [5.74, 6) is -5.56. The van der Waals surface area contributed by atoms with Crippen molar-refractivity contribution in [2.75, 3.05) is 13.2 Å². The normalized spacial score (nSPS) is 24.4. The number of unbranched alkanes of at least 4 members (excludes halogenated alkanes) is 9. The van der Waals surface area contributed by atoms with Crippen LogP contribution in [0, 0.1) is 0 Å². The van der Waals surface area contributed by atoms with Gasteiger partial charge in [-0.05, 0) is 6.42 Å². The van der Waals surface area contributed by atoms with Gasteiger partial charge in [0, 0.05) is 19.0 Å². The van der Waals surface area contributed by atoms with E-state index in [1.165, 1.54) is 32.1 Å². The minimum absolute atomic E-state index is 0.